The van der Waals surface area contributed by atoms with Crippen molar-refractivity contribution < 1.29 is 14.7 Å². The molecule has 16 heavy (non-hydrogen) atoms. The summed E-state index contributed by atoms with van der Waals surface area (Å²) in [6.07, 6.45) is 3.03. The zero-order valence-corrected chi connectivity index (χ0v) is 9.53. The van der Waals surface area contributed by atoms with Crippen molar-refractivity contribution in [2.75, 3.05) is 26.7 Å². The van der Waals surface area contributed by atoms with Gasteiger partial charge in [0.05, 0.1) is 0 Å². The zero-order valence-electron chi connectivity index (χ0n) is 9.53. The van der Waals surface area contributed by atoms with Gasteiger partial charge in [-0.3, -0.25) is 9.59 Å². The lowest BCUT2D eigenvalue weighted by Crippen LogP contribution is -2.36. The summed E-state index contributed by atoms with van der Waals surface area (Å²) < 4.78 is 0. The van der Waals surface area contributed by atoms with Crippen molar-refractivity contribution in [1.29, 1.82) is 0 Å². The number of carbonyl (C=O) groups excluding carboxylic acids is 1. The van der Waals surface area contributed by atoms with Crippen LogP contribution in [0.1, 0.15) is 19.3 Å². The minimum Gasteiger partial charge on any atom is -0.480 e. The van der Waals surface area contributed by atoms with E-state index in [2.05, 4.69) is 5.32 Å². The number of hydrogen-bond donors (Lipinski definition) is 2. The molecule has 0 bridgehead atoms. The Hall–Kier alpha value is -1.10. The van der Waals surface area contributed by atoms with E-state index in [0.717, 1.165) is 32.4 Å². The Morgan fingerprint density at radius 1 is 1.44 bits per heavy atom. The van der Waals surface area contributed by atoms with E-state index in [9.17, 15) is 9.59 Å². The van der Waals surface area contributed by atoms with Crippen molar-refractivity contribution in [1.82, 2.24) is 10.2 Å². The van der Waals surface area contributed by atoms with Gasteiger partial charge in [0.1, 0.15) is 6.54 Å². The molecule has 1 atom stereocenters. The highest BCUT2D eigenvalue weighted by molar-refractivity contribution is 5.85. The Balaban J connectivity index is 1.90. The number of amides is 1. The highest BCUT2D eigenvalue weighted by Gasteiger charge is 2.58. The molecule has 1 aliphatic carbocycles. The van der Waals surface area contributed by atoms with Gasteiger partial charge < -0.3 is 15.3 Å². The average molecular weight is 226 g/mol. The third-order valence-corrected chi connectivity index (χ3v) is 3.84. The first-order valence-corrected chi connectivity index (χ1v) is 5.73. The van der Waals surface area contributed by atoms with Crippen molar-refractivity contribution in [2.45, 2.75) is 19.3 Å². The van der Waals surface area contributed by atoms with Crippen LogP contribution in [-0.4, -0.2) is 48.6 Å². The molecule has 2 aliphatic rings. The van der Waals surface area contributed by atoms with E-state index in [4.69, 9.17) is 5.11 Å². The molecule has 1 heterocycles. The van der Waals surface area contributed by atoms with E-state index in [1.807, 2.05) is 0 Å². The smallest absolute Gasteiger partial charge is 0.323 e. The predicted molar refractivity (Wildman–Crippen MR) is 57.9 cm³/mol. The van der Waals surface area contributed by atoms with Crippen LogP contribution in [0.4, 0.5) is 0 Å². The van der Waals surface area contributed by atoms with Crippen LogP contribution in [0.3, 0.4) is 0 Å². The molecule has 5 heteroatoms. The number of hydrogen-bond acceptors (Lipinski definition) is 3. The van der Waals surface area contributed by atoms with Crippen molar-refractivity contribution >= 4 is 11.9 Å². The Kier molecular flexibility index (Phi) is 2.88. The molecule has 1 amide bonds. The van der Waals surface area contributed by atoms with Crippen molar-refractivity contribution in [3.05, 3.63) is 0 Å². The van der Waals surface area contributed by atoms with Crippen LogP contribution in [0.15, 0.2) is 0 Å². The third-order valence-electron chi connectivity index (χ3n) is 3.84. The summed E-state index contributed by atoms with van der Waals surface area (Å²) in [7, 11) is 1.57. The number of likely N-dealkylation sites (N-methyl/N-ethyl adjacent to an activating group) is 1. The summed E-state index contributed by atoms with van der Waals surface area (Å²) in [6, 6.07) is 0. The van der Waals surface area contributed by atoms with Gasteiger partial charge in [-0.2, -0.15) is 0 Å². The molecule has 1 saturated heterocycles. The lowest BCUT2D eigenvalue weighted by Gasteiger charge is -2.24. The Bertz CT molecular complexity index is 310. The number of carboxylic acids is 1. The van der Waals surface area contributed by atoms with Gasteiger partial charge in [0.25, 0.3) is 0 Å². The number of carbonyl (C=O) groups is 2. The second kappa shape index (κ2) is 4.05. The summed E-state index contributed by atoms with van der Waals surface area (Å²) in [5.74, 6) is -0.876. The maximum Gasteiger partial charge on any atom is 0.323 e. The lowest BCUT2D eigenvalue weighted by atomic mass is 9.91. The van der Waals surface area contributed by atoms with Crippen molar-refractivity contribution in [2.24, 2.45) is 11.3 Å². The van der Waals surface area contributed by atoms with Crippen LogP contribution in [0, 0.1) is 11.3 Å². The van der Waals surface area contributed by atoms with Gasteiger partial charge in [0.15, 0.2) is 0 Å². The highest BCUT2D eigenvalue weighted by atomic mass is 16.4. The maximum absolute atomic E-state index is 12.0. The van der Waals surface area contributed by atoms with E-state index in [-0.39, 0.29) is 23.8 Å². The van der Waals surface area contributed by atoms with Gasteiger partial charge in [0.2, 0.25) is 5.91 Å². The first-order valence-electron chi connectivity index (χ1n) is 5.73. The summed E-state index contributed by atoms with van der Waals surface area (Å²) >= 11 is 0. The predicted octanol–water partition coefficient (Wildman–Crippen LogP) is -0.0809. The molecule has 0 aromatic heterocycles. The van der Waals surface area contributed by atoms with E-state index < -0.39 is 5.97 Å². The van der Waals surface area contributed by atoms with Crippen LogP contribution in [0.25, 0.3) is 0 Å². The summed E-state index contributed by atoms with van der Waals surface area (Å²) in [5.41, 5.74) is 0.190. The number of piperidine rings is 1. The largest absolute Gasteiger partial charge is 0.480 e. The first-order chi connectivity index (χ1) is 7.55. The van der Waals surface area contributed by atoms with Crippen LogP contribution < -0.4 is 5.32 Å². The van der Waals surface area contributed by atoms with E-state index in [1.54, 1.807) is 7.05 Å². The number of aliphatic carboxylic acids is 1. The van der Waals surface area contributed by atoms with Crippen LogP contribution in [0.5, 0.6) is 0 Å². The molecule has 90 valence electrons. The normalized spacial score (nSPS) is 26.4. The second-order valence-electron chi connectivity index (χ2n) is 4.96. The maximum atomic E-state index is 12.0. The van der Waals surface area contributed by atoms with Crippen molar-refractivity contribution in [3.8, 4) is 0 Å². The molecular weight excluding hydrogens is 208 g/mol. The second-order valence-corrected chi connectivity index (χ2v) is 4.96. The fourth-order valence-electron chi connectivity index (χ4n) is 2.72. The zero-order chi connectivity index (χ0) is 11.8. The summed E-state index contributed by atoms with van der Waals surface area (Å²) in [4.78, 5) is 23.8. The average Bonchev–Trinajstić information content (AvgIpc) is 2.91. The molecule has 0 aromatic carbocycles. The van der Waals surface area contributed by atoms with Gasteiger partial charge in [-0.1, -0.05) is 0 Å². The Morgan fingerprint density at radius 3 is 2.62 bits per heavy atom. The Morgan fingerprint density at radius 2 is 2.06 bits per heavy atom. The molecule has 0 aromatic rings. The third kappa shape index (κ3) is 2.04. The van der Waals surface area contributed by atoms with Gasteiger partial charge in [-0.15, -0.1) is 0 Å². The SMILES string of the molecule is CN(CC(=O)O)C(=O)C1CC12CCNCC2. The van der Waals surface area contributed by atoms with E-state index in [1.165, 1.54) is 4.90 Å². The molecule has 1 saturated carbocycles. The number of rotatable bonds is 3. The number of nitrogens with one attached hydrogen (secondary N) is 1. The summed E-state index contributed by atoms with van der Waals surface area (Å²) in [6.45, 7) is 1.77. The topological polar surface area (TPSA) is 69.6 Å². The molecule has 5 nitrogen and oxygen atoms in total. The standard InChI is InChI=1S/C11H18N2O3/c1-13(7-9(14)15)10(16)8-6-11(8)2-4-12-5-3-11/h8,12H,2-7H2,1H3,(H,14,15). The van der Waals surface area contributed by atoms with Crippen LogP contribution in [0.2, 0.25) is 0 Å². The monoisotopic (exact) mass is 226 g/mol. The molecule has 1 aliphatic heterocycles. The van der Waals surface area contributed by atoms with Crippen LogP contribution in [-0.2, 0) is 9.59 Å². The minimum absolute atomic E-state index is 0.00398. The molecule has 1 unspecified atom stereocenters. The quantitative estimate of drug-likeness (QED) is 0.706. The minimum atomic E-state index is -0.948. The van der Waals surface area contributed by atoms with Gasteiger partial charge in [-0.05, 0) is 37.8 Å². The molecule has 2 N–H and O–H groups in total. The van der Waals surface area contributed by atoms with Crippen molar-refractivity contribution in [3.63, 3.8) is 0 Å². The molecule has 2 rings (SSSR count). The fraction of sp³-hybridized carbons (Fsp3) is 0.818. The molecule has 1 spiro atoms. The number of nitrogens with zero attached hydrogens (tertiary/aromatic N) is 1. The molecule has 2 fully saturated rings. The van der Waals surface area contributed by atoms with Gasteiger partial charge in [-0.25, -0.2) is 0 Å². The molecule has 0 radical (unpaired) electrons. The Labute approximate surface area is 94.8 Å². The lowest BCUT2D eigenvalue weighted by molar-refractivity contribution is -0.144. The van der Waals surface area contributed by atoms with E-state index in [0.29, 0.717) is 0 Å². The van der Waals surface area contributed by atoms with Gasteiger partial charge in [0, 0.05) is 13.0 Å². The van der Waals surface area contributed by atoms with Gasteiger partial charge >= 0.3 is 5.97 Å². The summed E-state index contributed by atoms with van der Waals surface area (Å²) in [5, 5.41) is 11.9. The highest BCUT2D eigenvalue weighted by Crippen LogP contribution is 2.59. The van der Waals surface area contributed by atoms with Crippen LogP contribution >= 0.6 is 0 Å². The first kappa shape index (κ1) is 11.4. The number of carboxylic acid groups (broad SMARTS) is 1. The van der Waals surface area contributed by atoms with E-state index >= 15 is 0 Å². The molecular formula is C11H18N2O3. The fourth-order valence-corrected chi connectivity index (χ4v) is 2.72.